The molecule has 2 rings (SSSR count). The standard InChI is InChI=1S/C16H16BrClN2S/c17-13-5-9-15(10-6-13)20-16(21)19-11-1-2-12-3-7-14(18)8-4-12/h3-10H,1-2,11H2,(H2,19,20,21). The van der Waals surface area contributed by atoms with Crippen LogP contribution in [0.25, 0.3) is 0 Å². The second kappa shape index (κ2) is 8.37. The molecule has 0 aliphatic rings. The fourth-order valence-electron chi connectivity index (χ4n) is 1.85. The van der Waals surface area contributed by atoms with Crippen molar-refractivity contribution in [2.75, 3.05) is 11.9 Å². The van der Waals surface area contributed by atoms with Gasteiger partial charge in [0, 0.05) is 21.7 Å². The quantitative estimate of drug-likeness (QED) is 0.560. The minimum atomic E-state index is 0.647. The zero-order chi connectivity index (χ0) is 15.1. The normalized spacial score (nSPS) is 10.2. The van der Waals surface area contributed by atoms with Crippen LogP contribution in [0.2, 0.25) is 5.02 Å². The van der Waals surface area contributed by atoms with Crippen molar-refractivity contribution in [1.29, 1.82) is 0 Å². The summed E-state index contributed by atoms with van der Waals surface area (Å²) in [5.41, 5.74) is 2.27. The molecule has 0 unspecified atom stereocenters. The average Bonchev–Trinajstić information content (AvgIpc) is 2.48. The van der Waals surface area contributed by atoms with Gasteiger partial charge in [0.15, 0.2) is 5.11 Å². The van der Waals surface area contributed by atoms with Gasteiger partial charge in [0.05, 0.1) is 0 Å². The van der Waals surface area contributed by atoms with Crippen LogP contribution in [0.15, 0.2) is 53.0 Å². The molecular formula is C16H16BrClN2S. The Bertz CT molecular complexity index is 584. The minimum absolute atomic E-state index is 0.647. The highest BCUT2D eigenvalue weighted by atomic mass is 79.9. The van der Waals surface area contributed by atoms with Crippen LogP contribution in [-0.4, -0.2) is 11.7 Å². The summed E-state index contributed by atoms with van der Waals surface area (Å²) in [5, 5.41) is 7.79. The van der Waals surface area contributed by atoms with E-state index in [2.05, 4.69) is 38.7 Å². The van der Waals surface area contributed by atoms with Gasteiger partial charge in [-0.2, -0.15) is 0 Å². The summed E-state index contributed by atoms with van der Waals surface area (Å²) in [4.78, 5) is 0. The summed E-state index contributed by atoms with van der Waals surface area (Å²) in [6.07, 6.45) is 2.02. The van der Waals surface area contributed by atoms with E-state index >= 15 is 0 Å². The Morgan fingerprint density at radius 1 is 1.05 bits per heavy atom. The molecule has 0 fully saturated rings. The Balaban J connectivity index is 1.67. The van der Waals surface area contributed by atoms with E-state index in [4.69, 9.17) is 23.8 Å². The first-order valence-electron chi connectivity index (χ1n) is 6.68. The van der Waals surface area contributed by atoms with Gasteiger partial charge in [-0.05, 0) is 67.0 Å². The van der Waals surface area contributed by atoms with E-state index in [0.29, 0.717) is 5.11 Å². The smallest absolute Gasteiger partial charge is 0.170 e. The molecule has 0 radical (unpaired) electrons. The lowest BCUT2D eigenvalue weighted by molar-refractivity contribution is 0.777. The first kappa shape index (κ1) is 16.3. The van der Waals surface area contributed by atoms with Crippen LogP contribution in [0.3, 0.4) is 0 Å². The average molecular weight is 384 g/mol. The highest BCUT2D eigenvalue weighted by molar-refractivity contribution is 9.10. The maximum atomic E-state index is 5.86. The molecule has 2 aromatic rings. The first-order valence-corrected chi connectivity index (χ1v) is 8.26. The van der Waals surface area contributed by atoms with E-state index in [1.54, 1.807) is 0 Å². The molecule has 0 heterocycles. The van der Waals surface area contributed by atoms with Gasteiger partial charge >= 0.3 is 0 Å². The topological polar surface area (TPSA) is 24.1 Å². The molecule has 0 bridgehead atoms. The molecule has 0 spiro atoms. The highest BCUT2D eigenvalue weighted by Crippen LogP contribution is 2.14. The summed E-state index contributed by atoms with van der Waals surface area (Å²) >= 11 is 14.5. The van der Waals surface area contributed by atoms with Gasteiger partial charge in [-0.1, -0.05) is 39.7 Å². The fraction of sp³-hybridized carbons (Fsp3) is 0.188. The van der Waals surface area contributed by atoms with Gasteiger partial charge in [-0.25, -0.2) is 0 Å². The third-order valence-electron chi connectivity index (χ3n) is 2.94. The van der Waals surface area contributed by atoms with Crippen molar-refractivity contribution in [3.8, 4) is 0 Å². The van der Waals surface area contributed by atoms with Crippen LogP contribution in [-0.2, 0) is 6.42 Å². The van der Waals surface area contributed by atoms with Crippen LogP contribution >= 0.6 is 39.7 Å². The molecule has 2 aromatic carbocycles. The number of rotatable bonds is 5. The van der Waals surface area contributed by atoms with E-state index in [0.717, 1.165) is 34.6 Å². The van der Waals surface area contributed by atoms with Gasteiger partial charge in [0.1, 0.15) is 0 Å². The summed E-state index contributed by atoms with van der Waals surface area (Å²) in [6, 6.07) is 15.9. The number of hydrogen-bond donors (Lipinski definition) is 2. The fourth-order valence-corrected chi connectivity index (χ4v) is 2.46. The van der Waals surface area contributed by atoms with Crippen molar-refractivity contribution in [2.24, 2.45) is 0 Å². The van der Waals surface area contributed by atoms with Gasteiger partial charge in [-0.3, -0.25) is 0 Å². The van der Waals surface area contributed by atoms with Crippen LogP contribution in [0, 0.1) is 0 Å². The number of benzene rings is 2. The van der Waals surface area contributed by atoms with Gasteiger partial charge < -0.3 is 10.6 Å². The molecule has 2 N–H and O–H groups in total. The maximum Gasteiger partial charge on any atom is 0.170 e. The Morgan fingerprint density at radius 2 is 1.71 bits per heavy atom. The number of halogens is 2. The lowest BCUT2D eigenvalue weighted by atomic mass is 10.1. The zero-order valence-corrected chi connectivity index (χ0v) is 14.6. The lowest BCUT2D eigenvalue weighted by Gasteiger charge is -2.10. The molecule has 0 aliphatic heterocycles. The van der Waals surface area contributed by atoms with Crippen molar-refractivity contribution < 1.29 is 0 Å². The molecule has 21 heavy (non-hydrogen) atoms. The molecule has 5 heteroatoms. The lowest BCUT2D eigenvalue weighted by Crippen LogP contribution is -2.29. The third-order valence-corrected chi connectivity index (χ3v) is 3.97. The van der Waals surface area contributed by atoms with Crippen LogP contribution < -0.4 is 10.6 Å². The number of nitrogens with one attached hydrogen (secondary N) is 2. The molecule has 2 nitrogen and oxygen atoms in total. The Morgan fingerprint density at radius 3 is 2.38 bits per heavy atom. The molecule has 110 valence electrons. The predicted molar refractivity (Wildman–Crippen MR) is 98.1 cm³/mol. The Labute approximate surface area is 144 Å². The zero-order valence-electron chi connectivity index (χ0n) is 11.4. The number of hydrogen-bond acceptors (Lipinski definition) is 1. The van der Waals surface area contributed by atoms with Crippen LogP contribution in [0.1, 0.15) is 12.0 Å². The monoisotopic (exact) mass is 382 g/mol. The molecule has 0 atom stereocenters. The third kappa shape index (κ3) is 6.04. The summed E-state index contributed by atoms with van der Waals surface area (Å²) in [7, 11) is 0. The summed E-state index contributed by atoms with van der Waals surface area (Å²) in [5.74, 6) is 0. The Kier molecular flexibility index (Phi) is 6.49. The number of aryl methyl sites for hydroxylation is 1. The van der Waals surface area contributed by atoms with Crippen LogP contribution in [0.5, 0.6) is 0 Å². The van der Waals surface area contributed by atoms with Crippen molar-refractivity contribution in [3.63, 3.8) is 0 Å². The predicted octanol–water partition coefficient (Wildman–Crippen LogP) is 5.02. The van der Waals surface area contributed by atoms with E-state index < -0.39 is 0 Å². The maximum absolute atomic E-state index is 5.86. The molecule has 0 saturated carbocycles. The largest absolute Gasteiger partial charge is 0.362 e. The Hall–Kier alpha value is -1.10. The van der Waals surface area contributed by atoms with E-state index in [9.17, 15) is 0 Å². The van der Waals surface area contributed by atoms with Crippen molar-refractivity contribution >= 4 is 50.5 Å². The number of thiocarbonyl (C=S) groups is 1. The van der Waals surface area contributed by atoms with E-state index in [-0.39, 0.29) is 0 Å². The summed E-state index contributed by atoms with van der Waals surface area (Å²) < 4.78 is 1.05. The molecule has 0 aliphatic carbocycles. The molecular weight excluding hydrogens is 368 g/mol. The highest BCUT2D eigenvalue weighted by Gasteiger charge is 1.98. The van der Waals surface area contributed by atoms with Crippen molar-refractivity contribution in [1.82, 2.24) is 5.32 Å². The first-order chi connectivity index (χ1) is 10.1. The SMILES string of the molecule is S=C(NCCCc1ccc(Cl)cc1)Nc1ccc(Br)cc1. The van der Waals surface area contributed by atoms with Crippen molar-refractivity contribution in [3.05, 3.63) is 63.6 Å². The number of anilines is 1. The molecule has 0 saturated heterocycles. The van der Waals surface area contributed by atoms with Gasteiger partial charge in [0.25, 0.3) is 0 Å². The van der Waals surface area contributed by atoms with Crippen LogP contribution in [0.4, 0.5) is 5.69 Å². The minimum Gasteiger partial charge on any atom is -0.362 e. The molecule has 0 aromatic heterocycles. The second-order valence-electron chi connectivity index (χ2n) is 4.62. The van der Waals surface area contributed by atoms with E-state index in [1.165, 1.54) is 5.56 Å². The van der Waals surface area contributed by atoms with Gasteiger partial charge in [-0.15, -0.1) is 0 Å². The van der Waals surface area contributed by atoms with Gasteiger partial charge in [0.2, 0.25) is 0 Å². The summed E-state index contributed by atoms with van der Waals surface area (Å²) in [6.45, 7) is 0.838. The van der Waals surface area contributed by atoms with E-state index in [1.807, 2.05) is 36.4 Å². The molecule has 0 amide bonds. The van der Waals surface area contributed by atoms with Crippen molar-refractivity contribution in [2.45, 2.75) is 12.8 Å². The second-order valence-corrected chi connectivity index (χ2v) is 6.38.